The van der Waals surface area contributed by atoms with Crippen LogP contribution in [0.4, 0.5) is 0 Å². The summed E-state index contributed by atoms with van der Waals surface area (Å²) in [5, 5.41) is 0. The minimum atomic E-state index is 0.925. The third-order valence-corrected chi connectivity index (χ3v) is 4.13. The molecule has 2 fully saturated rings. The highest BCUT2D eigenvalue weighted by atomic mass is 16.1. The summed E-state index contributed by atoms with van der Waals surface area (Å²) in [6, 6.07) is 0. The second-order valence-electron chi connectivity index (χ2n) is 5.28. The molecule has 1 heterocycles. The molecule has 1 aliphatic carbocycles. The summed E-state index contributed by atoms with van der Waals surface area (Å²) < 4.78 is 0. The lowest BCUT2D eigenvalue weighted by Gasteiger charge is -2.33. The molecule has 1 saturated carbocycles. The van der Waals surface area contributed by atoms with Gasteiger partial charge >= 0.3 is 0 Å². The number of carbonyl (C=O) groups excluding carboxylic acids is 1. The van der Waals surface area contributed by atoms with E-state index in [0.717, 1.165) is 38.5 Å². The van der Waals surface area contributed by atoms with Crippen molar-refractivity contribution in [2.45, 2.75) is 38.5 Å². The van der Waals surface area contributed by atoms with Gasteiger partial charge in [-0.1, -0.05) is 32.1 Å². The lowest BCUT2D eigenvalue weighted by molar-refractivity contribution is -0.119. The Kier molecular flexibility index (Phi) is 4.64. The first-order chi connectivity index (χ1) is 7.88. The van der Waals surface area contributed by atoms with Crippen molar-refractivity contribution >= 4 is 6.41 Å². The predicted molar refractivity (Wildman–Crippen MR) is 65.3 cm³/mol. The molecule has 0 spiro atoms. The van der Waals surface area contributed by atoms with E-state index < -0.39 is 0 Å². The highest BCUT2D eigenvalue weighted by Gasteiger charge is 2.18. The molecule has 3 nitrogen and oxygen atoms in total. The van der Waals surface area contributed by atoms with Crippen LogP contribution in [0.3, 0.4) is 0 Å². The van der Waals surface area contributed by atoms with Crippen molar-refractivity contribution in [3.63, 3.8) is 0 Å². The van der Waals surface area contributed by atoms with E-state index in [0.29, 0.717) is 0 Å². The fraction of sp³-hybridized carbons (Fsp3) is 0.923. The van der Waals surface area contributed by atoms with Gasteiger partial charge in [0.2, 0.25) is 6.41 Å². The van der Waals surface area contributed by atoms with Gasteiger partial charge < -0.3 is 4.90 Å². The molecule has 0 unspecified atom stereocenters. The number of amides is 1. The van der Waals surface area contributed by atoms with Crippen LogP contribution in [0.25, 0.3) is 0 Å². The number of nitrogens with zero attached hydrogens (tertiary/aromatic N) is 2. The Labute approximate surface area is 98.8 Å². The molecular formula is C13H24N2O. The van der Waals surface area contributed by atoms with Crippen LogP contribution >= 0.6 is 0 Å². The normalized spacial score (nSPS) is 24.6. The number of rotatable bonds is 4. The van der Waals surface area contributed by atoms with Gasteiger partial charge in [-0.25, -0.2) is 0 Å². The number of hydrogen-bond donors (Lipinski definition) is 0. The molecule has 0 aromatic rings. The van der Waals surface area contributed by atoms with Crippen molar-refractivity contribution in [2.75, 3.05) is 32.7 Å². The van der Waals surface area contributed by atoms with E-state index in [1.165, 1.54) is 45.1 Å². The minimum Gasteiger partial charge on any atom is -0.343 e. The molecule has 2 aliphatic rings. The van der Waals surface area contributed by atoms with Gasteiger partial charge in [0, 0.05) is 26.2 Å². The van der Waals surface area contributed by atoms with Gasteiger partial charge in [-0.3, -0.25) is 9.69 Å². The SMILES string of the molecule is O=CN1CCN(CCC2CCCCC2)CC1. The molecule has 1 aliphatic heterocycles. The van der Waals surface area contributed by atoms with Crippen LogP contribution in [0, 0.1) is 5.92 Å². The topological polar surface area (TPSA) is 23.6 Å². The Morgan fingerprint density at radius 2 is 1.69 bits per heavy atom. The molecule has 0 radical (unpaired) electrons. The van der Waals surface area contributed by atoms with E-state index in [1.54, 1.807) is 0 Å². The van der Waals surface area contributed by atoms with Crippen LogP contribution in [0.2, 0.25) is 0 Å². The number of piperazine rings is 1. The van der Waals surface area contributed by atoms with E-state index in [1.807, 2.05) is 4.90 Å². The zero-order valence-corrected chi connectivity index (χ0v) is 10.2. The van der Waals surface area contributed by atoms with Crippen molar-refractivity contribution in [1.82, 2.24) is 9.80 Å². The van der Waals surface area contributed by atoms with E-state index >= 15 is 0 Å². The molecule has 0 aromatic carbocycles. The van der Waals surface area contributed by atoms with Crippen LogP contribution in [-0.2, 0) is 4.79 Å². The van der Waals surface area contributed by atoms with Crippen LogP contribution in [0.5, 0.6) is 0 Å². The zero-order valence-electron chi connectivity index (χ0n) is 10.2. The fourth-order valence-electron chi connectivity index (χ4n) is 2.93. The molecule has 3 heteroatoms. The highest BCUT2D eigenvalue weighted by Crippen LogP contribution is 2.26. The van der Waals surface area contributed by atoms with Crippen molar-refractivity contribution in [1.29, 1.82) is 0 Å². The lowest BCUT2D eigenvalue weighted by atomic mass is 9.87. The Morgan fingerprint density at radius 3 is 2.31 bits per heavy atom. The first-order valence-corrected chi connectivity index (χ1v) is 6.80. The molecule has 0 aromatic heterocycles. The zero-order chi connectivity index (χ0) is 11.2. The molecule has 0 bridgehead atoms. The van der Waals surface area contributed by atoms with Gasteiger partial charge in [-0.05, 0) is 18.9 Å². The standard InChI is InChI=1S/C13H24N2O/c16-12-15-10-8-14(9-11-15)7-6-13-4-2-1-3-5-13/h12-13H,1-11H2. The van der Waals surface area contributed by atoms with Gasteiger partial charge in [0.1, 0.15) is 0 Å². The summed E-state index contributed by atoms with van der Waals surface area (Å²) in [5.74, 6) is 0.984. The number of hydrogen-bond acceptors (Lipinski definition) is 2. The maximum absolute atomic E-state index is 10.6. The monoisotopic (exact) mass is 224 g/mol. The summed E-state index contributed by atoms with van der Waals surface area (Å²) in [6.45, 7) is 5.25. The smallest absolute Gasteiger partial charge is 0.209 e. The first kappa shape index (κ1) is 11.9. The van der Waals surface area contributed by atoms with Crippen molar-refractivity contribution in [2.24, 2.45) is 5.92 Å². The van der Waals surface area contributed by atoms with Gasteiger partial charge in [0.25, 0.3) is 0 Å². The fourth-order valence-corrected chi connectivity index (χ4v) is 2.93. The molecule has 0 atom stereocenters. The molecule has 0 N–H and O–H groups in total. The van der Waals surface area contributed by atoms with Crippen LogP contribution in [0.1, 0.15) is 38.5 Å². The van der Waals surface area contributed by atoms with Crippen LogP contribution in [0.15, 0.2) is 0 Å². The Hall–Kier alpha value is -0.570. The second kappa shape index (κ2) is 6.24. The highest BCUT2D eigenvalue weighted by molar-refractivity contribution is 5.47. The minimum absolute atomic E-state index is 0.925. The maximum atomic E-state index is 10.6. The van der Waals surface area contributed by atoms with Gasteiger partial charge in [0.15, 0.2) is 0 Å². The number of carbonyl (C=O) groups is 1. The average Bonchev–Trinajstić information content (AvgIpc) is 2.38. The summed E-state index contributed by atoms with van der Waals surface area (Å²) in [4.78, 5) is 15.0. The predicted octanol–water partition coefficient (Wildman–Crippen LogP) is 1.73. The van der Waals surface area contributed by atoms with E-state index in [-0.39, 0.29) is 0 Å². The van der Waals surface area contributed by atoms with Crippen LogP contribution < -0.4 is 0 Å². The van der Waals surface area contributed by atoms with Gasteiger partial charge in [0.05, 0.1) is 0 Å². The summed E-state index contributed by atoms with van der Waals surface area (Å²) >= 11 is 0. The lowest BCUT2D eigenvalue weighted by Crippen LogP contribution is -2.46. The molecule has 1 amide bonds. The van der Waals surface area contributed by atoms with Crippen molar-refractivity contribution < 1.29 is 4.79 Å². The molecule has 92 valence electrons. The van der Waals surface area contributed by atoms with E-state index in [2.05, 4.69) is 4.90 Å². The molecular weight excluding hydrogens is 200 g/mol. The largest absolute Gasteiger partial charge is 0.343 e. The first-order valence-electron chi connectivity index (χ1n) is 6.80. The molecule has 2 rings (SSSR count). The molecule has 16 heavy (non-hydrogen) atoms. The average molecular weight is 224 g/mol. The third-order valence-electron chi connectivity index (χ3n) is 4.13. The third kappa shape index (κ3) is 3.48. The van der Waals surface area contributed by atoms with Crippen molar-refractivity contribution in [3.05, 3.63) is 0 Å². The quantitative estimate of drug-likeness (QED) is 0.679. The molecule has 1 saturated heterocycles. The maximum Gasteiger partial charge on any atom is 0.209 e. The van der Waals surface area contributed by atoms with Crippen molar-refractivity contribution in [3.8, 4) is 0 Å². The van der Waals surface area contributed by atoms with Crippen LogP contribution in [-0.4, -0.2) is 48.9 Å². The van der Waals surface area contributed by atoms with E-state index in [9.17, 15) is 4.79 Å². The summed E-state index contributed by atoms with van der Waals surface area (Å²) in [6.07, 6.45) is 9.61. The summed E-state index contributed by atoms with van der Waals surface area (Å²) in [7, 11) is 0. The van der Waals surface area contributed by atoms with Gasteiger partial charge in [-0.2, -0.15) is 0 Å². The second-order valence-corrected chi connectivity index (χ2v) is 5.28. The Morgan fingerprint density at radius 1 is 1.00 bits per heavy atom. The van der Waals surface area contributed by atoms with Gasteiger partial charge in [-0.15, -0.1) is 0 Å². The Bertz CT molecular complexity index is 206. The summed E-state index contributed by atoms with van der Waals surface area (Å²) in [5.41, 5.74) is 0. The Balaban J connectivity index is 1.61. The van der Waals surface area contributed by atoms with E-state index in [4.69, 9.17) is 0 Å².